The molecule has 17 nitrogen and oxygen atoms in total. The van der Waals surface area contributed by atoms with Crippen LogP contribution in [0.4, 0.5) is 14.5 Å². The van der Waals surface area contributed by atoms with E-state index in [1.165, 1.54) is 0 Å². The number of rotatable bonds is 15. The largest absolute Gasteiger partial charge is 0.481 e. The predicted octanol–water partition coefficient (Wildman–Crippen LogP) is 2.98. The van der Waals surface area contributed by atoms with Crippen molar-refractivity contribution >= 4 is 53.1 Å². The molecule has 60 heavy (non-hydrogen) atoms. The normalized spacial score (nSPS) is 16.3. The van der Waals surface area contributed by atoms with Crippen molar-refractivity contribution in [2.45, 2.75) is 98.2 Å². The number of halogens is 2. The summed E-state index contributed by atoms with van der Waals surface area (Å²) in [6.45, 7) is 12.3. The van der Waals surface area contributed by atoms with Crippen LogP contribution in [0, 0.1) is 28.9 Å². The van der Waals surface area contributed by atoms with Gasteiger partial charge in [-0.05, 0) is 59.3 Å². The lowest BCUT2D eigenvalue weighted by atomic mass is 9.81. The number of ether oxygens (including phenoxy) is 1. The van der Waals surface area contributed by atoms with Gasteiger partial charge >= 0.3 is 23.8 Å². The molecule has 6 amide bonds. The van der Waals surface area contributed by atoms with Crippen molar-refractivity contribution in [1.29, 1.82) is 0 Å². The van der Waals surface area contributed by atoms with Gasteiger partial charge in [-0.25, -0.2) is 13.8 Å². The maximum atomic E-state index is 14.4. The predicted molar refractivity (Wildman–Crippen MR) is 212 cm³/mol. The number of carboxylic acids is 2. The maximum absolute atomic E-state index is 14.4. The number of aliphatic carboxylic acids is 2. The number of hydrogen-bond donors (Lipinski definition) is 6. The summed E-state index contributed by atoms with van der Waals surface area (Å²) >= 11 is 0. The second-order valence-corrected chi connectivity index (χ2v) is 17.1. The summed E-state index contributed by atoms with van der Waals surface area (Å²) in [7, 11) is 0. The molecule has 6 N–H and O–H groups in total. The number of carbonyl (C=O) groups is 8. The van der Waals surface area contributed by atoms with E-state index in [-0.39, 0.29) is 13.0 Å². The number of amides is 6. The average molecular weight is 845 g/mol. The Hall–Kier alpha value is -6.14. The summed E-state index contributed by atoms with van der Waals surface area (Å²) in [6.07, 6.45) is -0.329. The van der Waals surface area contributed by atoms with E-state index in [4.69, 9.17) is 4.74 Å². The van der Waals surface area contributed by atoms with Crippen LogP contribution in [0.5, 0.6) is 5.75 Å². The Balaban J connectivity index is 1.86. The second kappa shape index (κ2) is 20.2. The van der Waals surface area contributed by atoms with E-state index in [9.17, 15) is 57.4 Å². The van der Waals surface area contributed by atoms with E-state index in [1.54, 1.807) is 38.1 Å². The van der Waals surface area contributed by atoms with Gasteiger partial charge in [-0.1, -0.05) is 79.7 Å². The van der Waals surface area contributed by atoms with Gasteiger partial charge in [0.15, 0.2) is 24.0 Å². The van der Waals surface area contributed by atoms with Crippen LogP contribution in [-0.4, -0.2) is 105 Å². The minimum atomic E-state index is -1.82. The van der Waals surface area contributed by atoms with E-state index in [1.807, 2.05) is 41.5 Å². The highest BCUT2D eigenvalue weighted by atomic mass is 19.1. The van der Waals surface area contributed by atoms with Gasteiger partial charge in [0.25, 0.3) is 11.8 Å². The fourth-order valence-electron chi connectivity index (χ4n) is 6.80. The molecule has 1 fully saturated rings. The van der Waals surface area contributed by atoms with Crippen LogP contribution in [0.1, 0.15) is 80.2 Å². The molecule has 0 bridgehead atoms. The van der Waals surface area contributed by atoms with E-state index >= 15 is 0 Å². The molecule has 1 unspecified atom stereocenters. The molecule has 0 spiro atoms. The van der Waals surface area contributed by atoms with Crippen molar-refractivity contribution in [3.63, 3.8) is 0 Å². The van der Waals surface area contributed by atoms with Crippen LogP contribution in [0.25, 0.3) is 0 Å². The standard InChI is InChI=1S/C41H54F2N6O11/c1-22(2)32(46-35(55)28(18-30(51)52)45-38(58)37(57)44-27-15-10-9-12-24(27)41(6,7)8)39(59)48-17-16-23(19-40(3,4)5)33(48)36(56)47-49(20-31(53)54)29(50)21-60-34-25(42)13-11-14-26(34)43/h9-15,22-23,28,32-33H,16-21H2,1-8H3,(H,44,57)(H,45,58)(H,46,55)(H,47,56)(H,51,52)(H,53,54)/t23-,28+,32+,33?/m0/s1. The molecule has 2 aromatic carbocycles. The molecule has 3 rings (SSSR count). The lowest BCUT2D eigenvalue weighted by molar-refractivity contribution is -0.154. The van der Waals surface area contributed by atoms with E-state index in [2.05, 4.69) is 21.4 Å². The van der Waals surface area contributed by atoms with Gasteiger partial charge in [0, 0.05) is 12.2 Å². The molecule has 4 atom stereocenters. The molecule has 1 aliphatic heterocycles. The summed E-state index contributed by atoms with van der Waals surface area (Å²) in [5.74, 6) is -14.1. The minimum absolute atomic E-state index is 0.0230. The molecular weight excluding hydrogens is 790 g/mol. The summed E-state index contributed by atoms with van der Waals surface area (Å²) in [6, 6.07) is 4.99. The first-order valence-corrected chi connectivity index (χ1v) is 19.2. The van der Waals surface area contributed by atoms with Crippen molar-refractivity contribution in [2.75, 3.05) is 25.0 Å². The Kier molecular flexibility index (Phi) is 16.2. The molecular formula is C41H54F2N6O11. The van der Waals surface area contributed by atoms with Gasteiger partial charge in [-0.3, -0.25) is 43.8 Å². The zero-order valence-corrected chi connectivity index (χ0v) is 34.9. The van der Waals surface area contributed by atoms with Gasteiger partial charge in [-0.2, -0.15) is 0 Å². The van der Waals surface area contributed by atoms with Crippen molar-refractivity contribution < 1.29 is 62.1 Å². The Labute approximate surface area is 346 Å². The quantitative estimate of drug-likeness (QED) is 0.113. The molecule has 0 aliphatic carbocycles. The van der Waals surface area contributed by atoms with Gasteiger partial charge in [0.05, 0.1) is 6.42 Å². The molecule has 328 valence electrons. The van der Waals surface area contributed by atoms with Crippen LogP contribution in [0.15, 0.2) is 42.5 Å². The fraction of sp³-hybridized carbons (Fsp3) is 0.512. The average Bonchev–Trinajstić information content (AvgIpc) is 3.53. The third-order valence-corrected chi connectivity index (χ3v) is 9.47. The third-order valence-electron chi connectivity index (χ3n) is 9.47. The first-order chi connectivity index (χ1) is 27.8. The number of nitrogens with one attached hydrogen (secondary N) is 4. The van der Waals surface area contributed by atoms with Gasteiger partial charge in [0.1, 0.15) is 24.7 Å². The number of nitrogens with zero attached hydrogens (tertiary/aromatic N) is 2. The first kappa shape index (κ1) is 48.2. The zero-order valence-electron chi connectivity index (χ0n) is 34.9. The van der Waals surface area contributed by atoms with Crippen molar-refractivity contribution in [2.24, 2.45) is 17.3 Å². The number of para-hydroxylation sites is 2. The molecule has 2 aromatic rings. The van der Waals surface area contributed by atoms with E-state index in [0.29, 0.717) is 22.7 Å². The highest BCUT2D eigenvalue weighted by Crippen LogP contribution is 2.36. The smallest absolute Gasteiger partial charge is 0.325 e. The topological polar surface area (TPSA) is 241 Å². The van der Waals surface area contributed by atoms with E-state index in [0.717, 1.165) is 23.1 Å². The van der Waals surface area contributed by atoms with Crippen molar-refractivity contribution in [1.82, 2.24) is 26.0 Å². The molecule has 19 heteroatoms. The number of hydrogen-bond acceptors (Lipinski definition) is 9. The Bertz CT molecular complexity index is 1940. The Morgan fingerprint density at radius 1 is 0.867 bits per heavy atom. The third kappa shape index (κ3) is 13.5. The van der Waals surface area contributed by atoms with Crippen LogP contribution >= 0.6 is 0 Å². The maximum Gasteiger partial charge on any atom is 0.325 e. The number of benzene rings is 2. The molecule has 1 saturated heterocycles. The van der Waals surface area contributed by atoms with Gasteiger partial charge in [0.2, 0.25) is 11.8 Å². The number of carbonyl (C=O) groups excluding carboxylic acids is 6. The zero-order chi connectivity index (χ0) is 45.3. The van der Waals surface area contributed by atoms with Crippen LogP contribution in [0.3, 0.4) is 0 Å². The molecule has 0 saturated carbocycles. The molecule has 0 aromatic heterocycles. The Morgan fingerprint density at radius 3 is 2.03 bits per heavy atom. The van der Waals surface area contributed by atoms with Crippen molar-refractivity contribution in [3.05, 3.63) is 59.7 Å². The summed E-state index contributed by atoms with van der Waals surface area (Å²) < 4.78 is 33.3. The SMILES string of the molecule is CC(C)[C@@H](NC(=O)[C@@H](CC(=O)O)NC(=O)C(=O)Nc1ccccc1C(C)(C)C)C(=O)N1CC[C@@H](CC(C)(C)C)C1C(=O)NN(CC(=O)O)C(=O)COc1c(F)cccc1F. The lowest BCUT2D eigenvalue weighted by Gasteiger charge is -2.35. The summed E-state index contributed by atoms with van der Waals surface area (Å²) in [5, 5.41) is 26.7. The Morgan fingerprint density at radius 2 is 1.48 bits per heavy atom. The number of likely N-dealkylation sites (tertiary alicyclic amines) is 1. The highest BCUT2D eigenvalue weighted by molar-refractivity contribution is 6.40. The van der Waals surface area contributed by atoms with Gasteiger partial charge in [-0.15, -0.1) is 0 Å². The molecule has 1 heterocycles. The van der Waals surface area contributed by atoms with E-state index < -0.39 is 125 Å². The lowest BCUT2D eigenvalue weighted by Crippen LogP contribution is -2.61. The first-order valence-electron chi connectivity index (χ1n) is 19.2. The monoisotopic (exact) mass is 844 g/mol. The number of hydrazine groups is 1. The molecule has 1 aliphatic rings. The van der Waals surface area contributed by atoms with Crippen LogP contribution < -0.4 is 26.1 Å². The highest BCUT2D eigenvalue weighted by Gasteiger charge is 2.46. The summed E-state index contributed by atoms with van der Waals surface area (Å²) in [4.78, 5) is 106. The molecule has 0 radical (unpaired) electrons. The summed E-state index contributed by atoms with van der Waals surface area (Å²) in [5.41, 5.74) is 2.43. The second-order valence-electron chi connectivity index (χ2n) is 17.1. The van der Waals surface area contributed by atoms with Crippen LogP contribution in [0.2, 0.25) is 0 Å². The number of anilines is 1. The number of carboxylic acid groups (broad SMARTS) is 2. The minimum Gasteiger partial charge on any atom is -0.481 e. The van der Waals surface area contributed by atoms with Crippen LogP contribution in [-0.2, 0) is 43.8 Å². The van der Waals surface area contributed by atoms with Crippen molar-refractivity contribution in [3.8, 4) is 5.75 Å². The van der Waals surface area contributed by atoms with Gasteiger partial charge < -0.3 is 35.8 Å². The fourth-order valence-corrected chi connectivity index (χ4v) is 6.80.